The number of nitrogens with zero attached hydrogens (tertiary/aromatic N) is 4. The van der Waals surface area contributed by atoms with Crippen molar-refractivity contribution in [3.05, 3.63) is 35.7 Å². The van der Waals surface area contributed by atoms with E-state index in [0.29, 0.717) is 0 Å². The van der Waals surface area contributed by atoms with Gasteiger partial charge in [0.05, 0.1) is 6.04 Å². The summed E-state index contributed by atoms with van der Waals surface area (Å²) in [4.78, 5) is 20.8. The van der Waals surface area contributed by atoms with E-state index in [-0.39, 0.29) is 23.4 Å². The van der Waals surface area contributed by atoms with Crippen molar-refractivity contribution in [3.8, 4) is 5.75 Å². The summed E-state index contributed by atoms with van der Waals surface area (Å²) in [7, 11) is 0. The van der Waals surface area contributed by atoms with E-state index in [0.717, 1.165) is 31.0 Å². The van der Waals surface area contributed by atoms with Crippen LogP contribution in [0, 0.1) is 0 Å². The minimum absolute atomic E-state index is 0.0308. The second-order valence-electron chi connectivity index (χ2n) is 5.75. The second-order valence-corrected chi connectivity index (χ2v) is 5.75. The molecule has 0 saturated heterocycles. The molecule has 1 aliphatic rings. The van der Waals surface area contributed by atoms with E-state index < -0.39 is 5.91 Å². The normalized spacial score (nSPS) is 17.3. The molecule has 1 atom stereocenters. The van der Waals surface area contributed by atoms with Crippen molar-refractivity contribution in [2.75, 3.05) is 0 Å². The van der Waals surface area contributed by atoms with Gasteiger partial charge in [0, 0.05) is 18.7 Å². The molecule has 0 unspecified atom stereocenters. The zero-order valence-corrected chi connectivity index (χ0v) is 12.7. The van der Waals surface area contributed by atoms with Crippen LogP contribution in [-0.2, 0) is 6.54 Å². The average Bonchev–Trinajstić information content (AvgIpc) is 2.93. The number of hydrogen-bond donors (Lipinski definition) is 2. The number of pyridine rings is 1. The molecule has 116 valence electrons. The summed E-state index contributed by atoms with van der Waals surface area (Å²) >= 11 is 0. The van der Waals surface area contributed by atoms with E-state index in [1.165, 1.54) is 12.3 Å². The molecule has 3 rings (SSSR count). The fourth-order valence-electron chi connectivity index (χ4n) is 2.55. The van der Waals surface area contributed by atoms with Crippen LogP contribution in [0.1, 0.15) is 60.8 Å². The summed E-state index contributed by atoms with van der Waals surface area (Å²) in [6.45, 7) is 4.90. The van der Waals surface area contributed by atoms with Gasteiger partial charge >= 0.3 is 0 Å². The summed E-state index contributed by atoms with van der Waals surface area (Å²) in [5.74, 6) is 1.29. The highest BCUT2D eigenvalue weighted by Crippen LogP contribution is 2.25. The fraction of sp³-hybridized carbons (Fsp3) is 0.467. The second kappa shape index (κ2) is 5.75. The Bertz CT molecular complexity index is 695. The maximum atomic E-state index is 12.3. The maximum absolute atomic E-state index is 12.3. The molecular weight excluding hydrogens is 282 g/mol. The molecule has 7 heteroatoms. The number of aromatic nitrogens is 4. The molecule has 0 saturated carbocycles. The van der Waals surface area contributed by atoms with Crippen LogP contribution < -0.4 is 5.32 Å². The fourth-order valence-corrected chi connectivity index (χ4v) is 2.55. The van der Waals surface area contributed by atoms with Crippen LogP contribution in [0.25, 0.3) is 0 Å². The lowest BCUT2D eigenvalue weighted by atomic mass is 10.1. The largest absolute Gasteiger partial charge is 0.505 e. The Kier molecular flexibility index (Phi) is 3.79. The van der Waals surface area contributed by atoms with Crippen molar-refractivity contribution in [3.63, 3.8) is 0 Å². The number of nitrogens with one attached hydrogen (secondary N) is 1. The summed E-state index contributed by atoms with van der Waals surface area (Å²) in [5.41, 5.74) is 0.0308. The summed E-state index contributed by atoms with van der Waals surface area (Å²) in [6.07, 6.45) is 3.21. The molecule has 0 aromatic carbocycles. The summed E-state index contributed by atoms with van der Waals surface area (Å²) < 4.78 is 1.86. The minimum atomic E-state index is -0.398. The molecule has 1 amide bonds. The predicted octanol–water partition coefficient (Wildman–Crippen LogP) is 1.77. The van der Waals surface area contributed by atoms with Gasteiger partial charge in [-0.2, -0.15) is 5.10 Å². The molecule has 0 spiro atoms. The molecule has 7 nitrogen and oxygen atoms in total. The molecule has 1 aliphatic heterocycles. The van der Waals surface area contributed by atoms with Crippen LogP contribution in [0.5, 0.6) is 5.75 Å². The molecule has 0 radical (unpaired) electrons. The standard InChI is InChI=1S/C15H19N5O2/c1-9(2)13-18-14-10(5-4-8-20(14)19-13)17-15(22)12-11(21)6-3-7-16-12/h3,6-7,9-10,21H,4-5,8H2,1-2H3,(H,17,22)/t10-/m1/s1. The lowest BCUT2D eigenvalue weighted by Gasteiger charge is -2.22. The van der Waals surface area contributed by atoms with Crippen LogP contribution >= 0.6 is 0 Å². The zero-order chi connectivity index (χ0) is 15.7. The van der Waals surface area contributed by atoms with E-state index in [9.17, 15) is 9.90 Å². The molecule has 22 heavy (non-hydrogen) atoms. The maximum Gasteiger partial charge on any atom is 0.274 e. The van der Waals surface area contributed by atoms with Crippen molar-refractivity contribution < 1.29 is 9.90 Å². The van der Waals surface area contributed by atoms with Gasteiger partial charge in [0.15, 0.2) is 11.5 Å². The van der Waals surface area contributed by atoms with Crippen molar-refractivity contribution in [1.82, 2.24) is 25.1 Å². The monoisotopic (exact) mass is 301 g/mol. The van der Waals surface area contributed by atoms with Gasteiger partial charge in [-0.3, -0.25) is 4.79 Å². The summed E-state index contributed by atoms with van der Waals surface area (Å²) in [6, 6.07) is 2.82. The third-order valence-electron chi connectivity index (χ3n) is 3.71. The van der Waals surface area contributed by atoms with Crippen LogP contribution in [0.15, 0.2) is 18.3 Å². The van der Waals surface area contributed by atoms with Crippen LogP contribution in [-0.4, -0.2) is 30.8 Å². The van der Waals surface area contributed by atoms with E-state index in [1.54, 1.807) is 6.07 Å². The molecule has 0 bridgehead atoms. The quantitative estimate of drug-likeness (QED) is 0.901. The van der Waals surface area contributed by atoms with Crippen molar-refractivity contribution >= 4 is 5.91 Å². The Morgan fingerprint density at radius 1 is 1.50 bits per heavy atom. The Balaban J connectivity index is 1.83. The minimum Gasteiger partial charge on any atom is -0.505 e. The Morgan fingerprint density at radius 3 is 3.05 bits per heavy atom. The number of fused-ring (bicyclic) bond motifs is 1. The molecular formula is C15H19N5O2. The number of carbonyl (C=O) groups is 1. The predicted molar refractivity (Wildman–Crippen MR) is 79.5 cm³/mol. The van der Waals surface area contributed by atoms with Crippen molar-refractivity contribution in [2.45, 2.75) is 45.2 Å². The number of aryl methyl sites for hydroxylation is 1. The lowest BCUT2D eigenvalue weighted by Crippen LogP contribution is -2.33. The average molecular weight is 301 g/mol. The first-order valence-corrected chi connectivity index (χ1v) is 7.45. The topological polar surface area (TPSA) is 92.9 Å². The van der Waals surface area contributed by atoms with E-state index in [4.69, 9.17) is 0 Å². The van der Waals surface area contributed by atoms with E-state index in [1.807, 2.05) is 18.5 Å². The van der Waals surface area contributed by atoms with Crippen LogP contribution in [0.3, 0.4) is 0 Å². The highest BCUT2D eigenvalue weighted by atomic mass is 16.3. The number of amides is 1. The summed E-state index contributed by atoms with van der Waals surface area (Å²) in [5, 5.41) is 17.1. The molecule has 0 fully saturated rings. The first-order valence-electron chi connectivity index (χ1n) is 7.45. The zero-order valence-electron chi connectivity index (χ0n) is 12.7. The number of rotatable bonds is 3. The Hall–Kier alpha value is -2.44. The number of carbonyl (C=O) groups excluding carboxylic acids is 1. The molecule has 0 aliphatic carbocycles. The van der Waals surface area contributed by atoms with Gasteiger partial charge in [-0.15, -0.1) is 0 Å². The van der Waals surface area contributed by atoms with Crippen LogP contribution in [0.4, 0.5) is 0 Å². The van der Waals surface area contributed by atoms with E-state index in [2.05, 4.69) is 20.4 Å². The van der Waals surface area contributed by atoms with Gasteiger partial charge in [-0.05, 0) is 25.0 Å². The van der Waals surface area contributed by atoms with Crippen molar-refractivity contribution in [2.24, 2.45) is 0 Å². The van der Waals surface area contributed by atoms with Crippen molar-refractivity contribution in [1.29, 1.82) is 0 Å². The first-order chi connectivity index (χ1) is 10.6. The third kappa shape index (κ3) is 2.66. The lowest BCUT2D eigenvalue weighted by molar-refractivity contribution is 0.0919. The highest BCUT2D eigenvalue weighted by molar-refractivity contribution is 5.94. The smallest absolute Gasteiger partial charge is 0.274 e. The molecule has 2 aromatic heterocycles. The van der Waals surface area contributed by atoms with Gasteiger partial charge in [0.25, 0.3) is 5.91 Å². The van der Waals surface area contributed by atoms with Gasteiger partial charge in [0.1, 0.15) is 11.6 Å². The van der Waals surface area contributed by atoms with Gasteiger partial charge in [-0.25, -0.2) is 14.6 Å². The first kappa shape index (κ1) is 14.5. The van der Waals surface area contributed by atoms with Crippen LogP contribution in [0.2, 0.25) is 0 Å². The van der Waals surface area contributed by atoms with Gasteiger partial charge in [-0.1, -0.05) is 13.8 Å². The number of aromatic hydroxyl groups is 1. The molecule has 3 heterocycles. The molecule has 2 aromatic rings. The SMILES string of the molecule is CC(C)c1nc2n(n1)CCC[C@H]2NC(=O)c1ncccc1O. The van der Waals surface area contributed by atoms with Gasteiger partial charge < -0.3 is 10.4 Å². The van der Waals surface area contributed by atoms with Gasteiger partial charge in [0.2, 0.25) is 0 Å². The third-order valence-corrected chi connectivity index (χ3v) is 3.71. The molecule has 2 N–H and O–H groups in total. The van der Waals surface area contributed by atoms with E-state index >= 15 is 0 Å². The highest BCUT2D eigenvalue weighted by Gasteiger charge is 2.27. The Labute approximate surface area is 128 Å². The Morgan fingerprint density at radius 2 is 2.32 bits per heavy atom. The number of hydrogen-bond acceptors (Lipinski definition) is 5.